The second-order valence-corrected chi connectivity index (χ2v) is 8.71. The van der Waals surface area contributed by atoms with E-state index in [4.69, 9.17) is 0 Å². The van der Waals surface area contributed by atoms with E-state index in [1.54, 1.807) is 12.1 Å². The van der Waals surface area contributed by atoms with Gasteiger partial charge in [-0.25, -0.2) is 13.4 Å². The summed E-state index contributed by atoms with van der Waals surface area (Å²) in [5.41, 5.74) is 4.98. The van der Waals surface area contributed by atoms with Crippen LogP contribution in [0.4, 0.5) is 17.2 Å². The summed E-state index contributed by atoms with van der Waals surface area (Å²) in [7, 11) is -3.40. The molecule has 0 spiro atoms. The molecular formula is C22H25N3O2S. The van der Waals surface area contributed by atoms with E-state index in [1.807, 2.05) is 36.4 Å². The number of nitrogens with one attached hydrogen (secondary N) is 2. The molecule has 3 rings (SSSR count). The largest absolute Gasteiger partial charge is 0.340 e. The number of rotatable bonds is 8. The van der Waals surface area contributed by atoms with E-state index >= 15 is 0 Å². The quantitative estimate of drug-likeness (QED) is 0.574. The van der Waals surface area contributed by atoms with Crippen molar-refractivity contribution < 1.29 is 8.42 Å². The molecule has 1 aromatic heterocycles. The van der Waals surface area contributed by atoms with E-state index in [0.29, 0.717) is 17.9 Å². The summed E-state index contributed by atoms with van der Waals surface area (Å²) in [6.45, 7) is 4.13. The Balaban J connectivity index is 1.54. The van der Waals surface area contributed by atoms with E-state index in [0.717, 1.165) is 17.7 Å². The van der Waals surface area contributed by atoms with E-state index in [2.05, 4.69) is 41.0 Å². The van der Waals surface area contributed by atoms with Gasteiger partial charge in [-0.15, -0.1) is 0 Å². The van der Waals surface area contributed by atoms with Crippen LogP contribution >= 0.6 is 0 Å². The van der Waals surface area contributed by atoms with Crippen molar-refractivity contribution in [1.82, 2.24) is 4.98 Å². The number of aryl methyl sites for hydroxylation is 3. The molecule has 0 bridgehead atoms. The molecule has 0 aliphatic rings. The zero-order valence-corrected chi connectivity index (χ0v) is 17.0. The van der Waals surface area contributed by atoms with Gasteiger partial charge in [-0.1, -0.05) is 36.4 Å². The lowest BCUT2D eigenvalue weighted by Gasteiger charge is -2.10. The summed E-state index contributed by atoms with van der Waals surface area (Å²) < 4.78 is 27.2. The predicted octanol–water partition coefficient (Wildman–Crippen LogP) is 4.82. The molecule has 0 unspecified atom stereocenters. The topological polar surface area (TPSA) is 71.1 Å². The van der Waals surface area contributed by atoms with Crippen LogP contribution in [0, 0.1) is 13.8 Å². The van der Waals surface area contributed by atoms with Gasteiger partial charge in [0.05, 0.1) is 17.6 Å². The monoisotopic (exact) mass is 395 g/mol. The smallest absolute Gasteiger partial charge is 0.232 e. The first kappa shape index (κ1) is 19.9. The van der Waals surface area contributed by atoms with E-state index in [9.17, 15) is 8.42 Å². The minimum Gasteiger partial charge on any atom is -0.340 e. The predicted molar refractivity (Wildman–Crippen MR) is 116 cm³/mol. The Hall–Kier alpha value is -2.86. The average Bonchev–Trinajstić information content (AvgIpc) is 2.67. The highest BCUT2D eigenvalue weighted by Crippen LogP contribution is 2.19. The molecule has 0 fully saturated rings. The average molecular weight is 396 g/mol. The molecule has 1 heterocycles. The third-order valence-electron chi connectivity index (χ3n) is 4.54. The minimum atomic E-state index is -3.40. The molecule has 6 heteroatoms. The number of aromatic nitrogens is 1. The molecule has 5 nitrogen and oxygen atoms in total. The molecule has 0 saturated heterocycles. The maximum absolute atomic E-state index is 12.3. The fourth-order valence-corrected chi connectivity index (χ4v) is 3.94. The summed E-state index contributed by atoms with van der Waals surface area (Å²) in [6, 6.07) is 19.5. The number of pyridine rings is 1. The summed E-state index contributed by atoms with van der Waals surface area (Å²) >= 11 is 0. The van der Waals surface area contributed by atoms with Crippen molar-refractivity contribution in [3.8, 4) is 0 Å². The first-order chi connectivity index (χ1) is 13.4. The van der Waals surface area contributed by atoms with Gasteiger partial charge in [-0.2, -0.15) is 0 Å². The van der Waals surface area contributed by atoms with Gasteiger partial charge in [0.2, 0.25) is 10.0 Å². The van der Waals surface area contributed by atoms with Gasteiger partial charge in [0.1, 0.15) is 5.82 Å². The Bertz CT molecular complexity index is 1020. The zero-order chi connectivity index (χ0) is 20.0. The maximum atomic E-state index is 12.3. The summed E-state index contributed by atoms with van der Waals surface area (Å²) in [5, 5.41) is 3.23. The van der Waals surface area contributed by atoms with Gasteiger partial charge < -0.3 is 5.32 Å². The number of hydrogen-bond donors (Lipinski definition) is 2. The van der Waals surface area contributed by atoms with Crippen LogP contribution in [0.2, 0.25) is 0 Å². The number of nitrogens with zero attached hydrogens (tertiary/aromatic N) is 1. The van der Waals surface area contributed by atoms with Crippen LogP contribution in [0.1, 0.15) is 23.1 Å². The minimum absolute atomic E-state index is 0.0739. The Morgan fingerprint density at radius 3 is 2.32 bits per heavy atom. The van der Waals surface area contributed by atoms with Crippen molar-refractivity contribution in [1.29, 1.82) is 0 Å². The number of sulfonamides is 1. The number of benzene rings is 2. The molecule has 0 amide bonds. The van der Waals surface area contributed by atoms with Crippen molar-refractivity contribution in [2.24, 2.45) is 0 Å². The third kappa shape index (κ3) is 5.82. The molecule has 0 atom stereocenters. The van der Waals surface area contributed by atoms with Crippen molar-refractivity contribution in [2.45, 2.75) is 26.7 Å². The normalized spacial score (nSPS) is 11.2. The summed E-state index contributed by atoms with van der Waals surface area (Å²) in [4.78, 5) is 4.30. The van der Waals surface area contributed by atoms with Crippen LogP contribution in [-0.2, 0) is 16.4 Å². The molecule has 3 aromatic rings. The Labute approximate surface area is 166 Å². The van der Waals surface area contributed by atoms with Crippen LogP contribution < -0.4 is 10.0 Å². The number of anilines is 3. The van der Waals surface area contributed by atoms with Gasteiger partial charge in [0.25, 0.3) is 0 Å². The third-order valence-corrected chi connectivity index (χ3v) is 5.91. The lowest BCUT2D eigenvalue weighted by atomic mass is 10.1. The lowest BCUT2D eigenvalue weighted by molar-refractivity contribution is 0.598. The first-order valence-corrected chi connectivity index (χ1v) is 10.9. The Morgan fingerprint density at radius 1 is 0.893 bits per heavy atom. The molecule has 2 N–H and O–H groups in total. The SMILES string of the molecule is Cc1ccc(Nc2ccc(NS(=O)(=O)CCCc3ccccc3)cn2)cc1C. The van der Waals surface area contributed by atoms with Crippen LogP contribution in [0.25, 0.3) is 0 Å². The fourth-order valence-electron chi connectivity index (χ4n) is 2.84. The standard InChI is InChI=1S/C22H25N3O2S/c1-17-10-11-20(15-18(17)2)24-22-13-12-21(16-23-22)25-28(26,27)14-6-9-19-7-4-3-5-8-19/h3-5,7-8,10-13,15-16,25H,6,9,14H2,1-2H3,(H,23,24). The molecule has 0 radical (unpaired) electrons. The Kier molecular flexibility index (Phi) is 6.31. The van der Waals surface area contributed by atoms with Crippen molar-refractivity contribution >= 4 is 27.2 Å². The van der Waals surface area contributed by atoms with Crippen molar-refractivity contribution in [3.05, 3.63) is 83.6 Å². The van der Waals surface area contributed by atoms with Gasteiger partial charge >= 0.3 is 0 Å². The molecule has 146 valence electrons. The fraction of sp³-hybridized carbons (Fsp3) is 0.227. The molecule has 0 aliphatic carbocycles. The molecule has 0 saturated carbocycles. The highest BCUT2D eigenvalue weighted by molar-refractivity contribution is 7.92. The van der Waals surface area contributed by atoms with Crippen LogP contribution in [-0.4, -0.2) is 19.2 Å². The maximum Gasteiger partial charge on any atom is 0.232 e. The summed E-state index contributed by atoms with van der Waals surface area (Å²) in [5.74, 6) is 0.736. The van der Waals surface area contributed by atoms with Crippen molar-refractivity contribution in [3.63, 3.8) is 0 Å². The lowest BCUT2D eigenvalue weighted by Crippen LogP contribution is -2.17. The highest BCUT2D eigenvalue weighted by atomic mass is 32.2. The van der Waals surface area contributed by atoms with Crippen LogP contribution in [0.5, 0.6) is 0 Å². The molecule has 2 aromatic carbocycles. The molecule has 0 aliphatic heterocycles. The van der Waals surface area contributed by atoms with E-state index in [1.165, 1.54) is 17.3 Å². The van der Waals surface area contributed by atoms with Crippen molar-refractivity contribution in [2.75, 3.05) is 15.8 Å². The summed E-state index contributed by atoms with van der Waals surface area (Å²) in [6.07, 6.45) is 2.83. The van der Waals surface area contributed by atoms with Gasteiger partial charge in [-0.3, -0.25) is 4.72 Å². The first-order valence-electron chi connectivity index (χ1n) is 9.26. The van der Waals surface area contributed by atoms with Gasteiger partial charge in [0.15, 0.2) is 0 Å². The second kappa shape index (κ2) is 8.89. The van der Waals surface area contributed by atoms with Crippen LogP contribution in [0.3, 0.4) is 0 Å². The van der Waals surface area contributed by atoms with E-state index < -0.39 is 10.0 Å². The Morgan fingerprint density at radius 2 is 1.64 bits per heavy atom. The van der Waals surface area contributed by atoms with Crippen LogP contribution in [0.15, 0.2) is 66.9 Å². The van der Waals surface area contributed by atoms with Gasteiger partial charge in [0, 0.05) is 5.69 Å². The molecule has 28 heavy (non-hydrogen) atoms. The number of hydrogen-bond acceptors (Lipinski definition) is 4. The zero-order valence-electron chi connectivity index (χ0n) is 16.1. The highest BCUT2D eigenvalue weighted by Gasteiger charge is 2.11. The second-order valence-electron chi connectivity index (χ2n) is 6.87. The molecular weight excluding hydrogens is 370 g/mol. The van der Waals surface area contributed by atoms with E-state index in [-0.39, 0.29) is 5.75 Å². The van der Waals surface area contributed by atoms with Gasteiger partial charge in [-0.05, 0) is 67.6 Å².